The van der Waals surface area contributed by atoms with Crippen molar-refractivity contribution < 1.29 is 4.74 Å². The number of nitrogens with one attached hydrogen (secondary N) is 1. The van der Waals surface area contributed by atoms with E-state index in [1.54, 1.807) is 0 Å². The minimum Gasteiger partial charge on any atom is -0.379 e. The Morgan fingerprint density at radius 2 is 1.76 bits per heavy atom. The van der Waals surface area contributed by atoms with Crippen molar-refractivity contribution >= 4 is 11.8 Å². The molecule has 3 rings (SSSR count). The Morgan fingerprint density at radius 1 is 1.10 bits per heavy atom. The van der Waals surface area contributed by atoms with Crippen LogP contribution >= 0.6 is 0 Å². The van der Waals surface area contributed by atoms with E-state index in [1.165, 1.54) is 12.8 Å². The summed E-state index contributed by atoms with van der Waals surface area (Å²) in [5.74, 6) is 1.83. The average molecular weight is 405 g/mol. The lowest BCUT2D eigenvalue weighted by Gasteiger charge is -2.40. The first kappa shape index (κ1) is 22.2. The van der Waals surface area contributed by atoms with E-state index in [-0.39, 0.29) is 0 Å². The van der Waals surface area contributed by atoms with Gasteiger partial charge < -0.3 is 15.0 Å². The number of nitrogens with zero attached hydrogens (tertiary/aromatic N) is 5. The van der Waals surface area contributed by atoms with Gasteiger partial charge in [-0.25, -0.2) is 4.98 Å². The summed E-state index contributed by atoms with van der Waals surface area (Å²) in [6.45, 7) is 19.0. The number of aryl methyl sites for hydroxylation is 1. The topological polar surface area (TPSA) is 56.8 Å². The molecule has 0 amide bonds. The number of anilines is 2. The zero-order chi connectivity index (χ0) is 20.8. The molecule has 3 heterocycles. The van der Waals surface area contributed by atoms with E-state index in [2.05, 4.69) is 59.6 Å². The molecule has 1 aromatic rings. The van der Waals surface area contributed by atoms with E-state index in [0.29, 0.717) is 18.1 Å². The summed E-state index contributed by atoms with van der Waals surface area (Å²) in [4.78, 5) is 16.9. The maximum atomic E-state index is 5.50. The van der Waals surface area contributed by atoms with Crippen LogP contribution in [-0.4, -0.2) is 90.4 Å². The van der Waals surface area contributed by atoms with Crippen LogP contribution in [0.15, 0.2) is 6.20 Å². The lowest BCUT2D eigenvalue weighted by atomic mass is 10.0. The molecule has 7 nitrogen and oxygen atoms in total. The van der Waals surface area contributed by atoms with Crippen LogP contribution in [0.2, 0.25) is 0 Å². The van der Waals surface area contributed by atoms with Gasteiger partial charge in [0.15, 0.2) is 0 Å². The van der Waals surface area contributed by atoms with Gasteiger partial charge in [0, 0.05) is 69.2 Å². The molecule has 0 aromatic carbocycles. The summed E-state index contributed by atoms with van der Waals surface area (Å²) in [6.07, 6.45) is 4.32. The van der Waals surface area contributed by atoms with E-state index >= 15 is 0 Å². The molecule has 0 atom stereocenters. The van der Waals surface area contributed by atoms with Crippen LogP contribution < -0.4 is 10.2 Å². The van der Waals surface area contributed by atoms with Crippen molar-refractivity contribution in [3.63, 3.8) is 0 Å². The van der Waals surface area contributed by atoms with Gasteiger partial charge in [-0.15, -0.1) is 0 Å². The first-order valence-electron chi connectivity index (χ1n) is 11.4. The third kappa shape index (κ3) is 6.03. The normalized spacial score (nSPS) is 19.5. The Labute approximate surface area is 176 Å². The van der Waals surface area contributed by atoms with Crippen molar-refractivity contribution in [3.05, 3.63) is 11.8 Å². The minimum absolute atomic E-state index is 0.548. The third-order valence-electron chi connectivity index (χ3n) is 6.26. The predicted octanol–water partition coefficient (Wildman–Crippen LogP) is 2.62. The molecule has 0 spiro atoms. The Bertz CT molecular complexity index is 616. The number of hydrogen-bond acceptors (Lipinski definition) is 7. The number of morpholine rings is 1. The van der Waals surface area contributed by atoms with Crippen molar-refractivity contribution in [1.82, 2.24) is 19.8 Å². The molecule has 29 heavy (non-hydrogen) atoms. The Hall–Kier alpha value is -1.44. The number of rotatable bonds is 8. The highest BCUT2D eigenvalue weighted by atomic mass is 16.5. The molecule has 2 fully saturated rings. The van der Waals surface area contributed by atoms with Gasteiger partial charge in [-0.1, -0.05) is 0 Å². The average Bonchev–Trinajstić information content (AvgIpc) is 2.72. The van der Waals surface area contributed by atoms with Crippen molar-refractivity contribution in [2.75, 3.05) is 62.7 Å². The van der Waals surface area contributed by atoms with Gasteiger partial charge in [0.05, 0.1) is 13.2 Å². The highest BCUT2D eigenvalue weighted by Gasteiger charge is 2.27. The molecule has 0 radical (unpaired) electrons. The number of aromatic nitrogens is 2. The SMILES string of the molecule is Cc1cnc(N2CCC(N3CCOCC3)CC2)nc1NCCN(C(C)C)C(C)C. The minimum atomic E-state index is 0.548. The smallest absolute Gasteiger partial charge is 0.227 e. The fourth-order valence-electron chi connectivity index (χ4n) is 4.55. The fourth-order valence-corrected chi connectivity index (χ4v) is 4.55. The van der Waals surface area contributed by atoms with Crippen LogP contribution in [0.3, 0.4) is 0 Å². The molecule has 0 bridgehead atoms. The van der Waals surface area contributed by atoms with Crippen LogP contribution in [0.4, 0.5) is 11.8 Å². The van der Waals surface area contributed by atoms with Crippen LogP contribution in [0, 0.1) is 6.92 Å². The molecule has 164 valence electrons. The van der Waals surface area contributed by atoms with Crippen molar-refractivity contribution in [1.29, 1.82) is 0 Å². The zero-order valence-electron chi connectivity index (χ0n) is 19.0. The number of hydrogen-bond donors (Lipinski definition) is 1. The third-order valence-corrected chi connectivity index (χ3v) is 6.26. The quantitative estimate of drug-likeness (QED) is 0.715. The molecule has 0 aliphatic carbocycles. The lowest BCUT2D eigenvalue weighted by Crippen LogP contribution is -2.49. The zero-order valence-corrected chi connectivity index (χ0v) is 19.0. The number of piperidine rings is 1. The van der Waals surface area contributed by atoms with Crippen LogP contribution in [0.5, 0.6) is 0 Å². The second kappa shape index (κ2) is 10.5. The summed E-state index contributed by atoms with van der Waals surface area (Å²) in [7, 11) is 0. The van der Waals surface area contributed by atoms with E-state index in [9.17, 15) is 0 Å². The fraction of sp³-hybridized carbons (Fsp3) is 0.818. The molecule has 1 N–H and O–H groups in total. The highest BCUT2D eigenvalue weighted by Crippen LogP contribution is 2.22. The summed E-state index contributed by atoms with van der Waals surface area (Å²) in [6, 6.07) is 1.77. The van der Waals surface area contributed by atoms with Gasteiger partial charge in [-0.05, 0) is 47.5 Å². The standard InChI is InChI=1S/C22H40N6O/c1-17(2)28(18(3)4)11-8-23-21-19(5)16-24-22(25-21)27-9-6-20(7-10-27)26-12-14-29-15-13-26/h16-18,20H,6-15H2,1-5H3,(H,23,24,25). The first-order chi connectivity index (χ1) is 14.0. The molecule has 7 heteroatoms. The second-order valence-electron chi connectivity index (χ2n) is 8.92. The Morgan fingerprint density at radius 3 is 2.38 bits per heavy atom. The van der Waals surface area contributed by atoms with E-state index in [4.69, 9.17) is 9.72 Å². The van der Waals surface area contributed by atoms with Crippen LogP contribution in [0.1, 0.15) is 46.1 Å². The summed E-state index contributed by atoms with van der Waals surface area (Å²) >= 11 is 0. The number of ether oxygens (including phenoxy) is 1. The van der Waals surface area contributed by atoms with E-state index < -0.39 is 0 Å². The molecular formula is C22H40N6O. The maximum absolute atomic E-state index is 5.50. The molecule has 2 aliphatic heterocycles. The largest absolute Gasteiger partial charge is 0.379 e. The monoisotopic (exact) mass is 404 g/mol. The van der Waals surface area contributed by atoms with Crippen LogP contribution in [-0.2, 0) is 4.74 Å². The van der Waals surface area contributed by atoms with Gasteiger partial charge in [0.25, 0.3) is 0 Å². The Kier molecular flexibility index (Phi) is 8.09. The van der Waals surface area contributed by atoms with Gasteiger partial charge in [-0.3, -0.25) is 9.80 Å². The molecule has 2 aliphatic rings. The maximum Gasteiger partial charge on any atom is 0.227 e. The first-order valence-corrected chi connectivity index (χ1v) is 11.4. The van der Waals surface area contributed by atoms with Crippen molar-refractivity contribution in [2.24, 2.45) is 0 Å². The van der Waals surface area contributed by atoms with Crippen molar-refractivity contribution in [2.45, 2.75) is 65.6 Å². The lowest BCUT2D eigenvalue weighted by molar-refractivity contribution is 0.0114. The van der Waals surface area contributed by atoms with E-state index in [1.807, 2.05) is 6.20 Å². The van der Waals surface area contributed by atoms with Gasteiger partial charge in [-0.2, -0.15) is 4.98 Å². The molecular weight excluding hydrogens is 364 g/mol. The second-order valence-corrected chi connectivity index (χ2v) is 8.92. The Balaban J connectivity index is 1.53. The van der Waals surface area contributed by atoms with Gasteiger partial charge >= 0.3 is 0 Å². The predicted molar refractivity (Wildman–Crippen MR) is 120 cm³/mol. The van der Waals surface area contributed by atoms with E-state index in [0.717, 1.165) is 69.8 Å². The molecule has 0 saturated carbocycles. The van der Waals surface area contributed by atoms with Gasteiger partial charge in [0.2, 0.25) is 5.95 Å². The molecule has 1 aromatic heterocycles. The summed E-state index contributed by atoms with van der Waals surface area (Å²) in [5, 5.41) is 3.55. The van der Waals surface area contributed by atoms with Gasteiger partial charge in [0.1, 0.15) is 5.82 Å². The van der Waals surface area contributed by atoms with Crippen LogP contribution in [0.25, 0.3) is 0 Å². The summed E-state index contributed by atoms with van der Waals surface area (Å²) in [5.41, 5.74) is 1.11. The highest BCUT2D eigenvalue weighted by molar-refractivity contribution is 5.47. The molecule has 0 unspecified atom stereocenters. The molecule has 2 saturated heterocycles. The van der Waals surface area contributed by atoms with Crippen molar-refractivity contribution in [3.8, 4) is 0 Å². The summed E-state index contributed by atoms with van der Waals surface area (Å²) < 4.78 is 5.50.